The highest BCUT2D eigenvalue weighted by Gasteiger charge is 2.19. The largest absolute Gasteiger partial charge is 0.497 e. The summed E-state index contributed by atoms with van der Waals surface area (Å²) in [6.45, 7) is -0.113. The van der Waals surface area contributed by atoms with Crippen LogP contribution in [0.3, 0.4) is 0 Å². The van der Waals surface area contributed by atoms with E-state index in [2.05, 4.69) is 5.32 Å². The minimum absolute atomic E-state index is 0.0327. The molecule has 1 unspecified atom stereocenters. The van der Waals surface area contributed by atoms with Gasteiger partial charge in [-0.1, -0.05) is 23.7 Å². The minimum Gasteiger partial charge on any atom is -0.497 e. The minimum atomic E-state index is -0.472. The summed E-state index contributed by atoms with van der Waals surface area (Å²) in [6, 6.07) is 10.7. The number of aliphatic hydroxyl groups excluding tert-OH is 1. The van der Waals surface area contributed by atoms with E-state index in [0.29, 0.717) is 11.4 Å². The summed E-state index contributed by atoms with van der Waals surface area (Å²) in [7, 11) is 3.31. The summed E-state index contributed by atoms with van der Waals surface area (Å²) in [5.41, 5.74) is 1.20. The van der Waals surface area contributed by atoms with E-state index >= 15 is 0 Å². The first-order valence-electron chi connectivity index (χ1n) is 7.64. The second-order valence-electron chi connectivity index (χ2n) is 5.56. The average molecular weight is 367 g/mol. The molecule has 1 atom stereocenters. The van der Waals surface area contributed by atoms with Crippen LogP contribution >= 0.6 is 11.6 Å². The van der Waals surface area contributed by atoms with E-state index in [9.17, 15) is 14.3 Å². The van der Waals surface area contributed by atoms with E-state index in [4.69, 9.17) is 16.3 Å². The maximum atomic E-state index is 13.0. The Morgan fingerprint density at radius 2 is 2.00 bits per heavy atom. The molecule has 0 spiro atoms. The predicted molar refractivity (Wildman–Crippen MR) is 95.5 cm³/mol. The molecule has 0 aliphatic rings. The van der Waals surface area contributed by atoms with Crippen LogP contribution in [0.4, 0.5) is 10.1 Å². The molecule has 2 N–H and O–H groups in total. The van der Waals surface area contributed by atoms with Gasteiger partial charge in [0.1, 0.15) is 11.6 Å². The lowest BCUT2D eigenvalue weighted by molar-refractivity contribution is -0.117. The number of nitrogens with one attached hydrogen (secondary N) is 1. The molecule has 0 aliphatic carbocycles. The molecule has 0 radical (unpaired) electrons. The van der Waals surface area contributed by atoms with Crippen molar-refractivity contribution in [2.45, 2.75) is 6.04 Å². The second-order valence-corrected chi connectivity index (χ2v) is 5.97. The monoisotopic (exact) mass is 366 g/mol. The van der Waals surface area contributed by atoms with Gasteiger partial charge in [0.05, 0.1) is 37.0 Å². The summed E-state index contributed by atoms with van der Waals surface area (Å²) in [5.74, 6) is -0.0743. The highest BCUT2D eigenvalue weighted by molar-refractivity contribution is 6.33. The van der Waals surface area contributed by atoms with Crippen LogP contribution in [0.25, 0.3) is 0 Å². The van der Waals surface area contributed by atoms with Crippen molar-refractivity contribution >= 4 is 23.2 Å². The maximum absolute atomic E-state index is 13.0. The van der Waals surface area contributed by atoms with E-state index in [0.717, 1.165) is 11.6 Å². The Hall–Kier alpha value is -2.15. The van der Waals surface area contributed by atoms with Crippen LogP contribution in [0.1, 0.15) is 11.6 Å². The van der Waals surface area contributed by atoms with Crippen molar-refractivity contribution in [1.29, 1.82) is 0 Å². The standard InChI is InChI=1S/C18H20ClFN2O3/c1-22(17(11-23)12-3-6-14(25-2)7-4-12)10-18(24)21-16-8-5-13(20)9-15(16)19/h3-9,17,23H,10-11H2,1-2H3,(H,21,24). The number of rotatable bonds is 7. The van der Waals surface area contributed by atoms with Gasteiger partial charge in [-0.05, 0) is 42.9 Å². The predicted octanol–water partition coefficient (Wildman–Crippen LogP) is 3.09. The third-order valence-corrected chi connectivity index (χ3v) is 4.12. The molecule has 7 heteroatoms. The Bertz CT molecular complexity index is 725. The van der Waals surface area contributed by atoms with Crippen molar-refractivity contribution in [2.24, 2.45) is 0 Å². The van der Waals surface area contributed by atoms with Crippen LogP contribution in [0.15, 0.2) is 42.5 Å². The smallest absolute Gasteiger partial charge is 0.238 e. The summed E-state index contributed by atoms with van der Waals surface area (Å²) in [4.78, 5) is 13.9. The number of carbonyl (C=O) groups is 1. The number of hydrogen-bond acceptors (Lipinski definition) is 4. The second kappa shape index (κ2) is 8.80. The van der Waals surface area contributed by atoms with Gasteiger partial charge in [0.2, 0.25) is 5.91 Å². The normalized spacial score (nSPS) is 12.1. The number of halogens is 2. The Labute approximate surface area is 151 Å². The fourth-order valence-corrected chi connectivity index (χ4v) is 2.66. The number of amides is 1. The van der Waals surface area contributed by atoms with E-state index in [-0.39, 0.29) is 30.1 Å². The molecule has 0 saturated carbocycles. The van der Waals surface area contributed by atoms with Gasteiger partial charge in [0.25, 0.3) is 0 Å². The number of methoxy groups -OCH3 is 1. The molecule has 1 amide bonds. The Balaban J connectivity index is 2.02. The molecule has 0 aliphatic heterocycles. The first-order valence-corrected chi connectivity index (χ1v) is 8.02. The first kappa shape index (κ1) is 19.2. The number of ether oxygens (including phenoxy) is 1. The molecular formula is C18H20ClFN2O3. The van der Waals surface area contributed by atoms with Gasteiger partial charge in [-0.25, -0.2) is 4.39 Å². The first-order chi connectivity index (χ1) is 11.9. The van der Waals surface area contributed by atoms with Crippen molar-refractivity contribution < 1.29 is 19.0 Å². The topological polar surface area (TPSA) is 61.8 Å². The lowest BCUT2D eigenvalue weighted by Gasteiger charge is -2.26. The molecule has 2 aromatic rings. The molecule has 0 aromatic heterocycles. The number of benzene rings is 2. The molecular weight excluding hydrogens is 347 g/mol. The van der Waals surface area contributed by atoms with Crippen LogP contribution in [-0.2, 0) is 4.79 Å². The van der Waals surface area contributed by atoms with Crippen molar-refractivity contribution in [2.75, 3.05) is 32.6 Å². The van der Waals surface area contributed by atoms with E-state index < -0.39 is 5.82 Å². The third-order valence-electron chi connectivity index (χ3n) is 3.80. The lowest BCUT2D eigenvalue weighted by atomic mass is 10.1. The van der Waals surface area contributed by atoms with Crippen LogP contribution in [-0.4, -0.2) is 43.2 Å². The zero-order chi connectivity index (χ0) is 18.4. The van der Waals surface area contributed by atoms with Gasteiger partial charge in [-0.2, -0.15) is 0 Å². The Morgan fingerprint density at radius 3 is 2.56 bits per heavy atom. The third kappa shape index (κ3) is 5.16. The Kier molecular flexibility index (Phi) is 6.75. The number of anilines is 1. The van der Waals surface area contributed by atoms with Gasteiger partial charge in [0.15, 0.2) is 0 Å². The average Bonchev–Trinajstić information content (AvgIpc) is 2.58. The number of hydrogen-bond donors (Lipinski definition) is 2. The van der Waals surface area contributed by atoms with E-state index in [1.807, 2.05) is 12.1 Å². The lowest BCUT2D eigenvalue weighted by Crippen LogP contribution is -2.35. The Morgan fingerprint density at radius 1 is 1.32 bits per heavy atom. The van der Waals surface area contributed by atoms with Gasteiger partial charge >= 0.3 is 0 Å². The van der Waals surface area contributed by atoms with Crippen LogP contribution in [0.2, 0.25) is 5.02 Å². The van der Waals surface area contributed by atoms with E-state index in [1.165, 1.54) is 12.1 Å². The van der Waals surface area contributed by atoms with Gasteiger partial charge < -0.3 is 15.2 Å². The van der Waals surface area contributed by atoms with Crippen LogP contribution in [0.5, 0.6) is 5.75 Å². The zero-order valence-electron chi connectivity index (χ0n) is 14.0. The summed E-state index contributed by atoms with van der Waals surface area (Å²) >= 11 is 5.90. The number of carbonyl (C=O) groups excluding carboxylic acids is 1. The van der Waals surface area contributed by atoms with Crippen molar-refractivity contribution in [3.05, 3.63) is 58.9 Å². The molecule has 0 fully saturated rings. The van der Waals surface area contributed by atoms with E-state index in [1.54, 1.807) is 31.2 Å². The van der Waals surface area contributed by atoms with Crippen molar-refractivity contribution in [1.82, 2.24) is 4.90 Å². The van der Waals surface area contributed by atoms with Crippen LogP contribution < -0.4 is 10.1 Å². The molecule has 25 heavy (non-hydrogen) atoms. The molecule has 5 nitrogen and oxygen atoms in total. The quantitative estimate of drug-likeness (QED) is 0.790. The summed E-state index contributed by atoms with van der Waals surface area (Å²) in [6.07, 6.45) is 0. The highest BCUT2D eigenvalue weighted by atomic mass is 35.5. The van der Waals surface area contributed by atoms with Crippen molar-refractivity contribution in [3.8, 4) is 5.75 Å². The number of aliphatic hydroxyl groups is 1. The molecule has 2 aromatic carbocycles. The van der Waals surface area contributed by atoms with Crippen LogP contribution in [0, 0.1) is 5.82 Å². The van der Waals surface area contributed by atoms with Gasteiger partial charge in [-0.3, -0.25) is 9.69 Å². The molecule has 0 bridgehead atoms. The summed E-state index contributed by atoms with van der Waals surface area (Å²) in [5, 5.41) is 12.5. The van der Waals surface area contributed by atoms with Crippen molar-refractivity contribution in [3.63, 3.8) is 0 Å². The number of nitrogens with zero attached hydrogens (tertiary/aromatic N) is 1. The molecule has 134 valence electrons. The molecule has 0 saturated heterocycles. The maximum Gasteiger partial charge on any atom is 0.238 e. The molecule has 0 heterocycles. The zero-order valence-corrected chi connectivity index (χ0v) is 14.8. The SMILES string of the molecule is COc1ccc(C(CO)N(C)CC(=O)Nc2ccc(F)cc2Cl)cc1. The van der Waals surface area contributed by atoms with Gasteiger partial charge in [0, 0.05) is 0 Å². The van der Waals surface area contributed by atoms with Gasteiger partial charge in [-0.15, -0.1) is 0 Å². The summed E-state index contributed by atoms with van der Waals surface area (Å²) < 4.78 is 18.2. The fourth-order valence-electron chi connectivity index (χ4n) is 2.44. The molecule has 2 rings (SSSR count). The fraction of sp³-hybridized carbons (Fsp3) is 0.278. The number of likely N-dealkylation sites (N-methyl/N-ethyl adjacent to an activating group) is 1. The highest BCUT2D eigenvalue weighted by Crippen LogP contribution is 2.24.